The van der Waals surface area contributed by atoms with Gasteiger partial charge in [-0.05, 0) is 154 Å². The number of allylic oxidation sites excluding steroid dienone is 36. The molecule has 2 atom stereocenters. The van der Waals surface area contributed by atoms with Crippen LogP contribution >= 0.6 is 0 Å². The molecule has 0 aliphatic rings. The second-order valence-corrected chi connectivity index (χ2v) is 23.3. The van der Waals surface area contributed by atoms with Gasteiger partial charge >= 0.3 is 11.9 Å². The van der Waals surface area contributed by atoms with E-state index >= 15 is 0 Å². The zero-order valence-corrected chi connectivity index (χ0v) is 57.6. The first-order chi connectivity index (χ1) is 44.6. The number of aliphatic carboxylic acids is 1. The quantitative estimate of drug-likeness (QED) is 0.0195. The van der Waals surface area contributed by atoms with Gasteiger partial charge in [0.05, 0.1) is 40.3 Å². The highest BCUT2D eigenvalue weighted by Gasteiger charge is 2.22. The topological polar surface area (TPSA) is 111 Å². The van der Waals surface area contributed by atoms with Crippen LogP contribution in [0, 0.1) is 0 Å². The summed E-state index contributed by atoms with van der Waals surface area (Å²) in [5.41, 5.74) is 0. The number of hydrogen-bond donors (Lipinski definition) is 0. The average Bonchev–Trinajstić information content (AvgIpc) is 3.63. The monoisotopic (exact) mass is 1250 g/mol. The van der Waals surface area contributed by atoms with Crippen molar-refractivity contribution >= 4 is 17.9 Å². The van der Waals surface area contributed by atoms with Crippen LogP contribution in [0.25, 0.3) is 0 Å². The third-order valence-corrected chi connectivity index (χ3v) is 13.7. The summed E-state index contributed by atoms with van der Waals surface area (Å²) in [6.07, 6.45) is 107. The van der Waals surface area contributed by atoms with Crippen molar-refractivity contribution in [2.45, 2.75) is 232 Å². The van der Waals surface area contributed by atoms with Crippen molar-refractivity contribution in [2.75, 3.05) is 47.5 Å². The summed E-state index contributed by atoms with van der Waals surface area (Å²) < 4.78 is 22.7. The SMILES string of the molecule is CC/C=C\C/C=C\C/C=C\C/C=C\C/C=C\C/C=C\C/C=C\C/C=C\C/C=C\CCCCCCCC(=O)OCC(COC(OCC[N+](C)(C)C)C(=O)[O-])OC(=O)CCCCCCC/C=C\C/C=C\C/C=C\C/C=C\C/C=C\C/C=C\C/C=C\C/C=C\C/C=C\CC. The summed E-state index contributed by atoms with van der Waals surface area (Å²) in [7, 11) is 5.90. The van der Waals surface area contributed by atoms with E-state index < -0.39 is 30.3 Å². The maximum absolute atomic E-state index is 12.9. The standard InChI is InChI=1S/C82H125NO8/c1-6-8-10-12-14-16-18-20-22-24-26-28-30-32-34-36-38-40-42-44-46-48-50-52-54-56-58-60-62-64-66-68-70-72-79(84)89-76-78(77-90-82(81(86)87)88-75-74-83(3,4)5)91-80(85)73-71-69-67-65-63-61-59-57-55-53-51-49-47-45-43-41-39-37-35-33-31-29-27-25-23-21-19-17-15-13-11-9-7-2/h8-11,14-17,20-23,26-29,32-35,38-41,44-47,50-53,56-59,78,82H,6-7,12-13,18-19,24-25,30-31,36-37,42-43,48-49,54-55,60-77H2,1-5H3/b10-8-,11-9-,16-14-,17-15-,22-20-,23-21-,28-26-,29-27-,34-32-,35-33-,40-38-,41-39-,46-44-,47-45-,52-50-,53-51-,58-56-,59-57-. The number of rotatable bonds is 61. The number of quaternary nitrogens is 1. The molecular formula is C82H125NO8. The summed E-state index contributed by atoms with van der Waals surface area (Å²) in [6, 6.07) is 0. The van der Waals surface area contributed by atoms with E-state index in [0.29, 0.717) is 23.9 Å². The molecule has 0 spiro atoms. The van der Waals surface area contributed by atoms with E-state index in [-0.39, 0.29) is 32.7 Å². The number of carboxylic acids is 1. The van der Waals surface area contributed by atoms with Gasteiger partial charge in [-0.3, -0.25) is 9.59 Å². The number of carbonyl (C=O) groups is 3. The summed E-state index contributed by atoms with van der Waals surface area (Å²) in [6.45, 7) is 4.43. The fourth-order valence-electron chi connectivity index (χ4n) is 8.46. The Kier molecular flexibility index (Phi) is 64.6. The Morgan fingerprint density at radius 3 is 0.879 bits per heavy atom. The minimum Gasteiger partial charge on any atom is -0.545 e. The molecule has 0 rings (SSSR count). The average molecular weight is 1250 g/mol. The van der Waals surface area contributed by atoms with E-state index in [1.807, 2.05) is 21.1 Å². The van der Waals surface area contributed by atoms with E-state index in [1.54, 1.807) is 0 Å². The number of unbranched alkanes of at least 4 members (excludes halogenated alkanes) is 10. The van der Waals surface area contributed by atoms with Crippen LogP contribution in [0.2, 0.25) is 0 Å². The lowest BCUT2D eigenvalue weighted by molar-refractivity contribution is -0.870. The molecular weight excluding hydrogens is 1130 g/mol. The number of likely N-dealkylation sites (N-methyl/N-ethyl adjacent to an activating group) is 1. The van der Waals surface area contributed by atoms with E-state index in [1.165, 1.54) is 0 Å². The fourth-order valence-corrected chi connectivity index (χ4v) is 8.46. The normalized spacial score (nSPS) is 14.1. The Bertz CT molecular complexity index is 2300. The van der Waals surface area contributed by atoms with Crippen LogP contribution in [-0.4, -0.2) is 82.3 Å². The van der Waals surface area contributed by atoms with Crippen LogP contribution in [0.5, 0.6) is 0 Å². The molecule has 0 saturated carbocycles. The minimum absolute atomic E-state index is 0.127. The summed E-state index contributed by atoms with van der Waals surface area (Å²) in [4.78, 5) is 37.5. The molecule has 0 aromatic rings. The van der Waals surface area contributed by atoms with E-state index in [4.69, 9.17) is 18.9 Å². The smallest absolute Gasteiger partial charge is 0.306 e. The van der Waals surface area contributed by atoms with Gasteiger partial charge in [-0.1, -0.05) is 271 Å². The van der Waals surface area contributed by atoms with Gasteiger partial charge in [0.15, 0.2) is 12.4 Å². The van der Waals surface area contributed by atoms with Crippen LogP contribution in [0.4, 0.5) is 0 Å². The van der Waals surface area contributed by atoms with E-state index in [0.717, 1.165) is 180 Å². The molecule has 0 radical (unpaired) electrons. The number of carboxylic acid groups (broad SMARTS) is 1. The summed E-state index contributed by atoms with van der Waals surface area (Å²) >= 11 is 0. The largest absolute Gasteiger partial charge is 0.545 e. The lowest BCUT2D eigenvalue weighted by atomic mass is 10.1. The van der Waals surface area contributed by atoms with Crippen molar-refractivity contribution in [3.8, 4) is 0 Å². The summed E-state index contributed by atoms with van der Waals surface area (Å²) in [5.74, 6) is -2.37. The number of hydrogen-bond acceptors (Lipinski definition) is 8. The third-order valence-electron chi connectivity index (χ3n) is 13.7. The number of ether oxygens (including phenoxy) is 4. The fraction of sp³-hybridized carbons (Fsp3) is 0.524. The molecule has 9 heteroatoms. The Hall–Kier alpha value is -6.39. The highest BCUT2D eigenvalue weighted by molar-refractivity contribution is 5.70. The number of esters is 2. The number of carbonyl (C=O) groups excluding carboxylic acids is 3. The Balaban J connectivity index is 4.32. The molecule has 0 aliphatic heterocycles. The van der Waals surface area contributed by atoms with Crippen molar-refractivity contribution in [3.63, 3.8) is 0 Å². The van der Waals surface area contributed by atoms with Crippen LogP contribution in [0.1, 0.15) is 219 Å². The molecule has 0 fully saturated rings. The third kappa shape index (κ3) is 70.9. The van der Waals surface area contributed by atoms with Gasteiger partial charge in [0.1, 0.15) is 13.2 Å². The van der Waals surface area contributed by atoms with Crippen molar-refractivity contribution in [1.82, 2.24) is 0 Å². The molecule has 0 saturated heterocycles. The highest BCUT2D eigenvalue weighted by atomic mass is 16.7. The van der Waals surface area contributed by atoms with Gasteiger partial charge in [0, 0.05) is 12.8 Å². The molecule has 0 aromatic heterocycles. The highest BCUT2D eigenvalue weighted by Crippen LogP contribution is 2.13. The lowest BCUT2D eigenvalue weighted by Crippen LogP contribution is -2.44. The van der Waals surface area contributed by atoms with Crippen LogP contribution in [0.15, 0.2) is 219 Å². The van der Waals surface area contributed by atoms with Crippen molar-refractivity contribution in [3.05, 3.63) is 219 Å². The minimum atomic E-state index is -1.65. The van der Waals surface area contributed by atoms with Crippen LogP contribution in [0.3, 0.4) is 0 Å². The van der Waals surface area contributed by atoms with Gasteiger partial charge in [-0.2, -0.15) is 0 Å². The molecule has 2 unspecified atom stereocenters. The molecule has 0 aromatic carbocycles. The van der Waals surface area contributed by atoms with Crippen molar-refractivity contribution in [2.24, 2.45) is 0 Å². The van der Waals surface area contributed by atoms with Crippen molar-refractivity contribution < 1.29 is 42.9 Å². The zero-order chi connectivity index (χ0) is 66.1. The first-order valence-corrected chi connectivity index (χ1v) is 34.9. The number of nitrogens with zero attached hydrogens (tertiary/aromatic N) is 1. The van der Waals surface area contributed by atoms with Gasteiger partial charge in [0.25, 0.3) is 0 Å². The molecule has 0 N–H and O–H groups in total. The molecule has 9 nitrogen and oxygen atoms in total. The second kappa shape index (κ2) is 69.5. The maximum atomic E-state index is 12.9. The van der Waals surface area contributed by atoms with Crippen LogP contribution < -0.4 is 5.11 Å². The van der Waals surface area contributed by atoms with Gasteiger partial charge in [-0.25, -0.2) is 0 Å². The molecule has 0 aliphatic carbocycles. The van der Waals surface area contributed by atoms with Crippen molar-refractivity contribution in [1.29, 1.82) is 0 Å². The van der Waals surface area contributed by atoms with E-state index in [2.05, 4.69) is 233 Å². The maximum Gasteiger partial charge on any atom is 0.306 e. The Labute approximate surface area is 556 Å². The first-order valence-electron chi connectivity index (χ1n) is 34.9. The molecule has 91 heavy (non-hydrogen) atoms. The van der Waals surface area contributed by atoms with Crippen LogP contribution in [-0.2, 0) is 33.3 Å². The van der Waals surface area contributed by atoms with E-state index in [9.17, 15) is 19.5 Å². The predicted molar refractivity (Wildman–Crippen MR) is 388 cm³/mol. The van der Waals surface area contributed by atoms with Gasteiger partial charge in [-0.15, -0.1) is 0 Å². The van der Waals surface area contributed by atoms with Gasteiger partial charge < -0.3 is 33.3 Å². The molecule has 0 heterocycles. The lowest BCUT2D eigenvalue weighted by Gasteiger charge is -2.26. The molecule has 506 valence electrons. The molecule has 0 bridgehead atoms. The second-order valence-electron chi connectivity index (χ2n) is 23.3. The predicted octanol–water partition coefficient (Wildman–Crippen LogP) is 20.8. The summed E-state index contributed by atoms with van der Waals surface area (Å²) in [5, 5.41) is 11.8. The Morgan fingerprint density at radius 2 is 0.593 bits per heavy atom. The Morgan fingerprint density at radius 1 is 0.330 bits per heavy atom. The zero-order valence-electron chi connectivity index (χ0n) is 57.6. The molecule has 0 amide bonds. The van der Waals surface area contributed by atoms with Gasteiger partial charge in [0.2, 0.25) is 0 Å². The first kappa shape index (κ1) is 84.6.